The van der Waals surface area contributed by atoms with Gasteiger partial charge in [0.2, 0.25) is 0 Å². The van der Waals surface area contributed by atoms with Crippen molar-refractivity contribution < 1.29 is 4.79 Å². The number of thiophene rings is 1. The maximum absolute atomic E-state index is 11.9. The van der Waals surface area contributed by atoms with E-state index >= 15 is 0 Å². The molecule has 0 aliphatic carbocycles. The van der Waals surface area contributed by atoms with Gasteiger partial charge in [0.05, 0.1) is 6.54 Å². The van der Waals surface area contributed by atoms with Crippen LogP contribution in [0.5, 0.6) is 0 Å². The molecule has 0 saturated carbocycles. The lowest BCUT2D eigenvalue weighted by Crippen LogP contribution is -2.25. The minimum Gasteiger partial charge on any atom is -0.357 e. The van der Waals surface area contributed by atoms with Crippen LogP contribution in [0.25, 0.3) is 0 Å². The summed E-state index contributed by atoms with van der Waals surface area (Å²) in [4.78, 5) is 14.0. The number of hydrogen-bond acceptors (Lipinski definition) is 3. The summed E-state index contributed by atoms with van der Waals surface area (Å²) >= 11 is 1.69. The zero-order valence-electron chi connectivity index (χ0n) is 10.1. The second-order valence-corrected chi connectivity index (χ2v) is 5.07. The molecular weight excluding hydrogens is 232 g/mol. The van der Waals surface area contributed by atoms with Gasteiger partial charge < -0.3 is 4.57 Å². The Morgan fingerprint density at radius 3 is 2.88 bits per heavy atom. The molecule has 0 bridgehead atoms. The lowest BCUT2D eigenvalue weighted by atomic mass is 10.2. The molecule has 2 aromatic rings. The average molecular weight is 248 g/mol. The summed E-state index contributed by atoms with van der Waals surface area (Å²) in [5, 5.41) is 4.17. The van der Waals surface area contributed by atoms with Gasteiger partial charge in [0.1, 0.15) is 0 Å². The van der Waals surface area contributed by atoms with Crippen molar-refractivity contribution in [1.82, 2.24) is 9.47 Å². The molecule has 0 amide bonds. The zero-order chi connectivity index (χ0) is 12.3. The molecule has 0 spiro atoms. The molecule has 17 heavy (non-hydrogen) atoms. The highest BCUT2D eigenvalue weighted by Crippen LogP contribution is 2.09. The first-order valence-electron chi connectivity index (χ1n) is 5.50. The van der Waals surface area contributed by atoms with E-state index in [-0.39, 0.29) is 5.78 Å². The van der Waals surface area contributed by atoms with Gasteiger partial charge in [0, 0.05) is 31.5 Å². The van der Waals surface area contributed by atoms with Gasteiger partial charge in [-0.3, -0.25) is 9.69 Å². The normalized spacial score (nSPS) is 11.0. The fraction of sp³-hybridized carbons (Fsp3) is 0.308. The number of aromatic nitrogens is 1. The topological polar surface area (TPSA) is 25.2 Å². The Morgan fingerprint density at radius 2 is 2.29 bits per heavy atom. The van der Waals surface area contributed by atoms with E-state index in [1.807, 2.05) is 42.0 Å². The number of carbonyl (C=O) groups is 1. The molecule has 0 unspecified atom stereocenters. The van der Waals surface area contributed by atoms with Crippen LogP contribution in [0.15, 0.2) is 35.3 Å². The Morgan fingerprint density at radius 1 is 1.47 bits per heavy atom. The number of likely N-dealkylation sites (N-methyl/N-ethyl adjacent to an activating group) is 1. The highest BCUT2D eigenvalue weighted by molar-refractivity contribution is 7.07. The minimum atomic E-state index is 0.170. The molecule has 0 aromatic carbocycles. The fourth-order valence-corrected chi connectivity index (χ4v) is 2.41. The van der Waals surface area contributed by atoms with Gasteiger partial charge in [0.25, 0.3) is 0 Å². The van der Waals surface area contributed by atoms with E-state index in [1.54, 1.807) is 11.3 Å². The summed E-state index contributed by atoms with van der Waals surface area (Å²) in [6.45, 7) is 1.28. The van der Waals surface area contributed by atoms with Gasteiger partial charge in [-0.1, -0.05) is 0 Å². The second-order valence-electron chi connectivity index (χ2n) is 4.29. The van der Waals surface area contributed by atoms with Crippen molar-refractivity contribution >= 4 is 17.1 Å². The second kappa shape index (κ2) is 5.29. The first-order valence-corrected chi connectivity index (χ1v) is 6.44. The van der Waals surface area contributed by atoms with Crippen LogP contribution in [0.4, 0.5) is 0 Å². The number of hydrogen-bond donors (Lipinski definition) is 0. The number of carbonyl (C=O) groups excluding carboxylic acids is 1. The summed E-state index contributed by atoms with van der Waals surface area (Å²) in [6.07, 6.45) is 3.76. The standard InChI is InChI=1S/C13H16N2OS/c1-14-5-3-12(8-14)13(16)9-15(2)7-11-4-6-17-10-11/h3-6,8,10H,7,9H2,1-2H3. The molecule has 0 fully saturated rings. The van der Waals surface area contributed by atoms with E-state index in [0.717, 1.165) is 12.1 Å². The van der Waals surface area contributed by atoms with Crippen LogP contribution in [-0.2, 0) is 13.6 Å². The van der Waals surface area contributed by atoms with E-state index in [9.17, 15) is 4.79 Å². The molecule has 2 rings (SSSR count). The zero-order valence-corrected chi connectivity index (χ0v) is 10.9. The largest absolute Gasteiger partial charge is 0.357 e. The molecular formula is C13H16N2OS. The van der Waals surface area contributed by atoms with Gasteiger partial charge in [-0.2, -0.15) is 11.3 Å². The average Bonchev–Trinajstić information content (AvgIpc) is 2.89. The van der Waals surface area contributed by atoms with Crippen LogP contribution in [0.3, 0.4) is 0 Å². The first kappa shape index (κ1) is 12.1. The Bertz CT molecular complexity index is 487. The predicted octanol–water partition coefficient (Wildman–Crippen LogP) is 2.40. The minimum absolute atomic E-state index is 0.170. The number of aryl methyl sites for hydroxylation is 1. The Kier molecular flexibility index (Phi) is 3.76. The van der Waals surface area contributed by atoms with E-state index in [2.05, 4.69) is 16.8 Å². The number of rotatable bonds is 5. The van der Waals surface area contributed by atoms with Gasteiger partial charge in [-0.15, -0.1) is 0 Å². The van der Waals surface area contributed by atoms with Crippen molar-refractivity contribution in [2.75, 3.05) is 13.6 Å². The third kappa shape index (κ3) is 3.28. The third-order valence-corrected chi connectivity index (χ3v) is 3.33. The van der Waals surface area contributed by atoms with Crippen molar-refractivity contribution in [3.8, 4) is 0 Å². The number of Topliss-reactive ketones (excluding diaryl/α,β-unsaturated/α-hetero) is 1. The number of ketones is 1. The van der Waals surface area contributed by atoms with E-state index in [4.69, 9.17) is 0 Å². The lowest BCUT2D eigenvalue weighted by Gasteiger charge is -2.14. The quantitative estimate of drug-likeness (QED) is 0.759. The van der Waals surface area contributed by atoms with Gasteiger partial charge in [-0.05, 0) is 35.5 Å². The molecule has 0 aliphatic heterocycles. The monoisotopic (exact) mass is 248 g/mol. The fourth-order valence-electron chi connectivity index (χ4n) is 1.75. The molecule has 0 atom stereocenters. The molecule has 0 aliphatic rings. The van der Waals surface area contributed by atoms with Crippen molar-refractivity contribution in [1.29, 1.82) is 0 Å². The summed E-state index contributed by atoms with van der Waals surface area (Å²) < 4.78 is 1.89. The molecule has 0 radical (unpaired) electrons. The SMILES string of the molecule is CN(CC(=O)c1ccn(C)c1)Cc1ccsc1. The smallest absolute Gasteiger partial charge is 0.178 e. The number of nitrogens with zero attached hydrogens (tertiary/aromatic N) is 2. The Labute approximate surface area is 105 Å². The van der Waals surface area contributed by atoms with E-state index in [1.165, 1.54) is 5.56 Å². The summed E-state index contributed by atoms with van der Waals surface area (Å²) in [6, 6.07) is 3.95. The van der Waals surface area contributed by atoms with Crippen molar-refractivity contribution in [2.24, 2.45) is 7.05 Å². The van der Waals surface area contributed by atoms with E-state index < -0.39 is 0 Å². The van der Waals surface area contributed by atoms with Crippen LogP contribution >= 0.6 is 11.3 Å². The maximum Gasteiger partial charge on any atom is 0.178 e. The summed E-state index contributed by atoms with van der Waals surface area (Å²) in [7, 11) is 3.89. The highest BCUT2D eigenvalue weighted by atomic mass is 32.1. The molecule has 4 heteroatoms. The van der Waals surface area contributed by atoms with Crippen LogP contribution in [0.2, 0.25) is 0 Å². The van der Waals surface area contributed by atoms with Crippen LogP contribution < -0.4 is 0 Å². The molecule has 0 N–H and O–H groups in total. The molecule has 2 aromatic heterocycles. The maximum atomic E-state index is 11.9. The molecule has 3 nitrogen and oxygen atoms in total. The third-order valence-electron chi connectivity index (χ3n) is 2.60. The highest BCUT2D eigenvalue weighted by Gasteiger charge is 2.10. The van der Waals surface area contributed by atoms with Crippen molar-refractivity contribution in [3.63, 3.8) is 0 Å². The van der Waals surface area contributed by atoms with E-state index in [0.29, 0.717) is 6.54 Å². The Hall–Kier alpha value is -1.39. The first-order chi connectivity index (χ1) is 8.15. The molecule has 90 valence electrons. The molecule has 2 heterocycles. The molecule has 0 saturated heterocycles. The summed E-state index contributed by atoms with van der Waals surface area (Å²) in [5.74, 6) is 0.170. The van der Waals surface area contributed by atoms with Gasteiger partial charge in [-0.25, -0.2) is 0 Å². The van der Waals surface area contributed by atoms with Crippen LogP contribution in [0, 0.1) is 0 Å². The van der Waals surface area contributed by atoms with Crippen molar-refractivity contribution in [3.05, 3.63) is 46.4 Å². The van der Waals surface area contributed by atoms with Crippen LogP contribution in [-0.4, -0.2) is 28.8 Å². The summed E-state index contributed by atoms with van der Waals surface area (Å²) in [5.41, 5.74) is 2.04. The van der Waals surface area contributed by atoms with Gasteiger partial charge >= 0.3 is 0 Å². The van der Waals surface area contributed by atoms with Crippen LogP contribution in [0.1, 0.15) is 15.9 Å². The predicted molar refractivity (Wildman–Crippen MR) is 70.4 cm³/mol. The van der Waals surface area contributed by atoms with Crippen molar-refractivity contribution in [2.45, 2.75) is 6.54 Å². The van der Waals surface area contributed by atoms with Gasteiger partial charge in [0.15, 0.2) is 5.78 Å². The Balaban J connectivity index is 1.90. The lowest BCUT2D eigenvalue weighted by molar-refractivity contribution is 0.0943.